The Bertz CT molecular complexity index is 984. The van der Waals surface area contributed by atoms with Crippen LogP contribution in [0, 0.1) is 6.92 Å². The van der Waals surface area contributed by atoms with Crippen molar-refractivity contribution in [2.24, 2.45) is 0 Å². The number of thioether (sulfide) groups is 1. The Kier molecular flexibility index (Phi) is 7.42. The zero-order valence-electron chi connectivity index (χ0n) is 19.5. The zero-order valence-corrected chi connectivity index (χ0v) is 20.3. The number of nitrogens with zero attached hydrogens (tertiary/aromatic N) is 2. The molecular formula is C25H32N4O3S. The molecule has 2 amide bonds. The van der Waals surface area contributed by atoms with Crippen molar-refractivity contribution >= 4 is 29.4 Å². The van der Waals surface area contributed by atoms with Crippen LogP contribution in [0.1, 0.15) is 52.0 Å². The van der Waals surface area contributed by atoms with Gasteiger partial charge in [-0.05, 0) is 63.1 Å². The summed E-state index contributed by atoms with van der Waals surface area (Å²) in [5, 5.41) is 6.17. The van der Waals surface area contributed by atoms with Gasteiger partial charge in [0.25, 0.3) is 11.8 Å². The summed E-state index contributed by atoms with van der Waals surface area (Å²) in [6.45, 7) is 2.57. The highest BCUT2D eigenvalue weighted by molar-refractivity contribution is 7.98. The maximum atomic E-state index is 13.0. The molecule has 0 aliphatic carbocycles. The van der Waals surface area contributed by atoms with Gasteiger partial charge < -0.3 is 20.3 Å². The standard InChI is InChI=1S/C25H32N4O3S/c1-16-21(5-4-6-22(16)32-2)25(31)28-18-13-19-8-9-20(14-18)29(19)23-10-7-17(15-27-23)24(30)26-11-12-33-3/h4-7,10,15,18-20H,8-9,11-14H2,1-3H3,(H,26,30)(H,28,31). The molecule has 2 atom stereocenters. The molecule has 2 bridgehead atoms. The lowest BCUT2D eigenvalue weighted by atomic mass is 9.96. The van der Waals surface area contributed by atoms with Crippen LogP contribution in [-0.4, -0.2) is 60.6 Å². The Morgan fingerprint density at radius 3 is 2.55 bits per heavy atom. The Labute approximate surface area is 199 Å². The summed E-state index contributed by atoms with van der Waals surface area (Å²) in [7, 11) is 1.62. The van der Waals surface area contributed by atoms with E-state index in [0.29, 0.717) is 29.8 Å². The molecule has 0 radical (unpaired) electrons. The largest absolute Gasteiger partial charge is 0.496 e. The fraction of sp³-hybridized carbons (Fsp3) is 0.480. The molecule has 0 saturated carbocycles. The van der Waals surface area contributed by atoms with Crippen LogP contribution in [0.15, 0.2) is 36.5 Å². The summed E-state index contributed by atoms with van der Waals surface area (Å²) in [5.41, 5.74) is 2.11. The van der Waals surface area contributed by atoms with Crippen LogP contribution in [0.4, 0.5) is 5.82 Å². The highest BCUT2D eigenvalue weighted by Crippen LogP contribution is 2.38. The minimum Gasteiger partial charge on any atom is -0.496 e. The van der Waals surface area contributed by atoms with Gasteiger partial charge in [0.2, 0.25) is 0 Å². The van der Waals surface area contributed by atoms with Crippen LogP contribution in [0.2, 0.25) is 0 Å². The van der Waals surface area contributed by atoms with E-state index in [4.69, 9.17) is 4.74 Å². The number of carbonyl (C=O) groups excluding carboxylic acids is 2. The van der Waals surface area contributed by atoms with Gasteiger partial charge >= 0.3 is 0 Å². The van der Waals surface area contributed by atoms with E-state index in [2.05, 4.69) is 20.5 Å². The summed E-state index contributed by atoms with van der Waals surface area (Å²) in [4.78, 5) is 32.2. The Balaban J connectivity index is 1.38. The first-order valence-corrected chi connectivity index (χ1v) is 12.9. The summed E-state index contributed by atoms with van der Waals surface area (Å²) in [5.74, 6) is 2.41. The summed E-state index contributed by atoms with van der Waals surface area (Å²) >= 11 is 1.70. The molecule has 3 heterocycles. The lowest BCUT2D eigenvalue weighted by Gasteiger charge is -2.40. The number of carbonyl (C=O) groups is 2. The lowest BCUT2D eigenvalue weighted by Crippen LogP contribution is -2.50. The van der Waals surface area contributed by atoms with Crippen LogP contribution in [0.3, 0.4) is 0 Å². The number of fused-ring (bicyclic) bond motifs is 2. The van der Waals surface area contributed by atoms with E-state index < -0.39 is 0 Å². The third-order valence-corrected chi connectivity index (χ3v) is 7.30. The summed E-state index contributed by atoms with van der Waals surface area (Å²) in [6, 6.07) is 10.2. The van der Waals surface area contributed by atoms with E-state index in [1.54, 1.807) is 25.1 Å². The maximum Gasteiger partial charge on any atom is 0.252 e. The number of pyridine rings is 1. The Hall–Kier alpha value is -2.74. The van der Waals surface area contributed by atoms with Gasteiger partial charge in [-0.1, -0.05) is 6.07 Å². The monoisotopic (exact) mass is 468 g/mol. The number of amides is 2. The average molecular weight is 469 g/mol. The van der Waals surface area contributed by atoms with E-state index in [0.717, 1.165) is 48.6 Å². The van der Waals surface area contributed by atoms with E-state index in [1.165, 1.54) is 0 Å². The molecule has 2 aliphatic rings. The second kappa shape index (κ2) is 10.5. The van der Waals surface area contributed by atoms with Crippen LogP contribution < -0.4 is 20.3 Å². The second-order valence-corrected chi connectivity index (χ2v) is 9.71. The van der Waals surface area contributed by atoms with E-state index in [-0.39, 0.29) is 17.9 Å². The molecular weight excluding hydrogens is 436 g/mol. The number of hydrogen-bond acceptors (Lipinski definition) is 6. The molecule has 2 saturated heterocycles. The molecule has 33 heavy (non-hydrogen) atoms. The lowest BCUT2D eigenvalue weighted by molar-refractivity contribution is 0.0924. The van der Waals surface area contributed by atoms with E-state index >= 15 is 0 Å². The fourth-order valence-electron chi connectivity index (χ4n) is 5.06. The third kappa shape index (κ3) is 5.11. The Morgan fingerprint density at radius 2 is 1.91 bits per heavy atom. The quantitative estimate of drug-likeness (QED) is 0.578. The molecule has 8 heteroatoms. The number of anilines is 1. The second-order valence-electron chi connectivity index (χ2n) is 8.72. The number of benzene rings is 1. The molecule has 2 N–H and O–H groups in total. The molecule has 0 spiro atoms. The molecule has 2 aromatic rings. The first-order chi connectivity index (χ1) is 16.0. The summed E-state index contributed by atoms with van der Waals surface area (Å²) < 4.78 is 5.36. The SMILES string of the molecule is COc1cccc(C(=O)NC2CC3CCC(C2)N3c2ccc(C(=O)NCCSC)cn2)c1C. The van der Waals surface area contributed by atoms with Gasteiger partial charge in [-0.15, -0.1) is 0 Å². The van der Waals surface area contributed by atoms with E-state index in [9.17, 15) is 9.59 Å². The molecule has 2 unspecified atom stereocenters. The number of aromatic nitrogens is 1. The first kappa shape index (κ1) is 23.4. The van der Waals surface area contributed by atoms with Gasteiger partial charge in [-0.25, -0.2) is 4.98 Å². The van der Waals surface area contributed by atoms with Crippen LogP contribution in [-0.2, 0) is 0 Å². The van der Waals surface area contributed by atoms with Gasteiger partial charge in [0.1, 0.15) is 11.6 Å². The molecule has 4 rings (SSSR count). The van der Waals surface area contributed by atoms with Crippen LogP contribution in [0.5, 0.6) is 5.75 Å². The van der Waals surface area contributed by atoms with Gasteiger partial charge in [-0.3, -0.25) is 9.59 Å². The Morgan fingerprint density at radius 1 is 1.15 bits per heavy atom. The van der Waals surface area contributed by atoms with Crippen LogP contribution >= 0.6 is 11.8 Å². The first-order valence-electron chi connectivity index (χ1n) is 11.5. The minimum absolute atomic E-state index is 0.0424. The topological polar surface area (TPSA) is 83.6 Å². The number of rotatable bonds is 8. The molecule has 7 nitrogen and oxygen atoms in total. The van der Waals surface area contributed by atoms with Crippen molar-refractivity contribution in [2.75, 3.05) is 30.6 Å². The van der Waals surface area contributed by atoms with Gasteiger partial charge in [0.05, 0.1) is 12.7 Å². The third-order valence-electron chi connectivity index (χ3n) is 6.68. The molecule has 1 aromatic carbocycles. The fourth-order valence-corrected chi connectivity index (χ4v) is 5.36. The molecule has 176 valence electrons. The van der Waals surface area contributed by atoms with Crippen molar-refractivity contribution in [3.05, 3.63) is 53.2 Å². The zero-order chi connectivity index (χ0) is 23.4. The van der Waals surface area contributed by atoms with Crippen molar-refractivity contribution in [1.29, 1.82) is 0 Å². The summed E-state index contributed by atoms with van der Waals surface area (Å²) in [6.07, 6.45) is 7.66. The van der Waals surface area contributed by atoms with Crippen molar-refractivity contribution in [2.45, 2.75) is 50.7 Å². The molecule has 2 aliphatic heterocycles. The van der Waals surface area contributed by atoms with Gasteiger partial charge in [0.15, 0.2) is 0 Å². The van der Waals surface area contributed by atoms with Crippen LogP contribution in [0.25, 0.3) is 0 Å². The van der Waals surface area contributed by atoms with Crippen molar-refractivity contribution in [1.82, 2.24) is 15.6 Å². The maximum absolute atomic E-state index is 13.0. The predicted octanol–water partition coefficient (Wildman–Crippen LogP) is 3.42. The predicted molar refractivity (Wildman–Crippen MR) is 132 cm³/mol. The van der Waals surface area contributed by atoms with Crippen molar-refractivity contribution in [3.8, 4) is 5.75 Å². The highest BCUT2D eigenvalue weighted by Gasteiger charge is 2.41. The molecule has 2 fully saturated rings. The van der Waals surface area contributed by atoms with Gasteiger partial charge in [0, 0.05) is 47.7 Å². The number of piperidine rings is 1. The number of hydrogen-bond donors (Lipinski definition) is 2. The van der Waals surface area contributed by atoms with Crippen molar-refractivity contribution < 1.29 is 14.3 Å². The number of nitrogens with one attached hydrogen (secondary N) is 2. The minimum atomic E-state index is -0.0830. The van der Waals surface area contributed by atoms with Crippen molar-refractivity contribution in [3.63, 3.8) is 0 Å². The molecule has 1 aromatic heterocycles. The average Bonchev–Trinajstić information content (AvgIpc) is 3.09. The number of methoxy groups -OCH3 is 1. The van der Waals surface area contributed by atoms with E-state index in [1.807, 2.05) is 43.5 Å². The highest BCUT2D eigenvalue weighted by atomic mass is 32.2. The smallest absolute Gasteiger partial charge is 0.252 e. The van der Waals surface area contributed by atoms with Gasteiger partial charge in [-0.2, -0.15) is 11.8 Å². The normalized spacial score (nSPS) is 21.5. The number of ether oxygens (including phenoxy) is 1.